The fraction of sp³-hybridized carbons (Fsp3) is 0.150. The summed E-state index contributed by atoms with van der Waals surface area (Å²) in [5, 5.41) is 16.4. The van der Waals surface area contributed by atoms with Crippen molar-refractivity contribution < 1.29 is 13.6 Å². The second kappa shape index (κ2) is 8.25. The summed E-state index contributed by atoms with van der Waals surface area (Å²) in [6, 6.07) is 11.0. The average Bonchev–Trinajstić information content (AvgIpc) is 3.57. The standard InChI is InChI=1S/C20H15N5O3S2/c26-18(12-30-20-23-22-19(28-20)13-4-1-7-21-11-13)25-15(16-5-2-8-27-16)10-14(24-25)17-6-3-9-29-17/h1-9,11,15H,10,12H2/t15-/m0/s1. The highest BCUT2D eigenvalue weighted by Crippen LogP contribution is 2.35. The third kappa shape index (κ3) is 3.79. The fourth-order valence-corrected chi connectivity index (χ4v) is 4.43. The number of thioether (sulfide) groups is 1. The Bertz CT molecular complexity index is 1160. The Hall–Kier alpha value is -3.24. The Morgan fingerprint density at radius 2 is 2.20 bits per heavy atom. The third-order valence-electron chi connectivity index (χ3n) is 4.48. The summed E-state index contributed by atoms with van der Waals surface area (Å²) in [5.41, 5.74) is 1.60. The third-order valence-corrected chi connectivity index (χ3v) is 6.20. The Labute approximate surface area is 179 Å². The van der Waals surface area contributed by atoms with E-state index in [0.717, 1.165) is 16.2 Å². The van der Waals surface area contributed by atoms with Gasteiger partial charge < -0.3 is 8.83 Å². The van der Waals surface area contributed by atoms with Crippen LogP contribution >= 0.6 is 23.1 Å². The minimum Gasteiger partial charge on any atom is -0.467 e. The van der Waals surface area contributed by atoms with Crippen molar-refractivity contribution in [3.8, 4) is 11.5 Å². The van der Waals surface area contributed by atoms with Crippen LogP contribution in [0.3, 0.4) is 0 Å². The summed E-state index contributed by atoms with van der Waals surface area (Å²) in [5.74, 6) is 1.03. The van der Waals surface area contributed by atoms with Crippen LogP contribution in [0.15, 0.2) is 79.6 Å². The summed E-state index contributed by atoms with van der Waals surface area (Å²) < 4.78 is 11.2. The second-order valence-corrected chi connectivity index (χ2v) is 8.28. The Kier molecular flexibility index (Phi) is 5.16. The molecule has 1 atom stereocenters. The van der Waals surface area contributed by atoms with Gasteiger partial charge in [0.05, 0.1) is 28.2 Å². The molecular weight excluding hydrogens is 422 g/mol. The van der Waals surface area contributed by atoms with Crippen LogP contribution in [-0.4, -0.2) is 37.6 Å². The molecule has 0 aliphatic carbocycles. The maximum absolute atomic E-state index is 13.0. The molecule has 1 aliphatic heterocycles. The van der Waals surface area contributed by atoms with Crippen molar-refractivity contribution >= 4 is 34.7 Å². The Morgan fingerprint density at radius 1 is 1.23 bits per heavy atom. The molecule has 0 spiro atoms. The normalized spacial score (nSPS) is 16.1. The van der Waals surface area contributed by atoms with E-state index < -0.39 is 0 Å². The van der Waals surface area contributed by atoms with E-state index in [4.69, 9.17) is 8.83 Å². The number of rotatable bonds is 6. The number of hydrazone groups is 1. The van der Waals surface area contributed by atoms with Crippen LogP contribution in [-0.2, 0) is 4.79 Å². The molecule has 0 fully saturated rings. The molecule has 5 heterocycles. The first-order valence-corrected chi connectivity index (χ1v) is 11.0. The fourth-order valence-electron chi connectivity index (χ4n) is 3.10. The quantitative estimate of drug-likeness (QED) is 0.416. The first-order valence-electron chi connectivity index (χ1n) is 9.11. The molecule has 1 aliphatic rings. The predicted molar refractivity (Wildman–Crippen MR) is 112 cm³/mol. The molecule has 0 unspecified atom stereocenters. The van der Waals surface area contributed by atoms with E-state index in [1.165, 1.54) is 16.8 Å². The number of carbonyl (C=O) groups excluding carboxylic acids is 1. The lowest BCUT2D eigenvalue weighted by Crippen LogP contribution is -2.28. The number of carbonyl (C=O) groups is 1. The SMILES string of the molecule is O=C(CSc1nnc(-c2cccnc2)o1)N1N=C(c2cccs2)C[C@H]1c1ccco1. The minimum atomic E-state index is -0.265. The molecular formula is C20H15N5O3S2. The maximum Gasteiger partial charge on any atom is 0.277 e. The zero-order valence-corrected chi connectivity index (χ0v) is 17.2. The molecule has 8 nitrogen and oxygen atoms in total. The van der Waals surface area contributed by atoms with E-state index >= 15 is 0 Å². The molecule has 30 heavy (non-hydrogen) atoms. The van der Waals surface area contributed by atoms with Gasteiger partial charge in [-0.1, -0.05) is 17.8 Å². The number of thiophene rings is 1. The second-order valence-electron chi connectivity index (χ2n) is 6.40. The van der Waals surface area contributed by atoms with Crippen LogP contribution in [0.4, 0.5) is 0 Å². The highest BCUT2D eigenvalue weighted by atomic mass is 32.2. The number of pyridine rings is 1. The van der Waals surface area contributed by atoms with Gasteiger partial charge in [0, 0.05) is 18.8 Å². The van der Waals surface area contributed by atoms with Crippen molar-refractivity contribution in [3.05, 3.63) is 71.1 Å². The molecule has 0 aromatic carbocycles. The van der Waals surface area contributed by atoms with Gasteiger partial charge in [-0.2, -0.15) is 5.10 Å². The monoisotopic (exact) mass is 437 g/mol. The van der Waals surface area contributed by atoms with Gasteiger partial charge >= 0.3 is 0 Å². The van der Waals surface area contributed by atoms with E-state index in [2.05, 4.69) is 20.3 Å². The highest BCUT2D eigenvalue weighted by molar-refractivity contribution is 7.99. The molecule has 0 saturated heterocycles. The van der Waals surface area contributed by atoms with Crippen LogP contribution in [0.25, 0.3) is 11.5 Å². The van der Waals surface area contributed by atoms with E-state index in [1.807, 2.05) is 35.7 Å². The van der Waals surface area contributed by atoms with Crippen molar-refractivity contribution in [2.45, 2.75) is 17.7 Å². The Balaban J connectivity index is 1.31. The maximum atomic E-state index is 13.0. The predicted octanol–water partition coefficient (Wildman–Crippen LogP) is 4.26. The first-order chi connectivity index (χ1) is 14.8. The van der Waals surface area contributed by atoms with Crippen molar-refractivity contribution in [3.63, 3.8) is 0 Å². The molecule has 1 amide bonds. The first kappa shape index (κ1) is 18.8. The molecule has 0 bridgehead atoms. The number of hydrogen-bond acceptors (Lipinski definition) is 9. The lowest BCUT2D eigenvalue weighted by molar-refractivity contribution is -0.130. The molecule has 0 radical (unpaired) electrons. The average molecular weight is 438 g/mol. The van der Waals surface area contributed by atoms with Gasteiger partial charge in [0.25, 0.3) is 11.1 Å². The number of hydrogen-bond donors (Lipinski definition) is 0. The molecule has 0 saturated carbocycles. The summed E-state index contributed by atoms with van der Waals surface area (Å²) in [7, 11) is 0. The van der Waals surface area contributed by atoms with E-state index in [0.29, 0.717) is 23.3 Å². The van der Waals surface area contributed by atoms with Crippen LogP contribution in [0, 0.1) is 0 Å². The summed E-state index contributed by atoms with van der Waals surface area (Å²) in [4.78, 5) is 18.1. The van der Waals surface area contributed by atoms with E-state index in [-0.39, 0.29) is 17.7 Å². The largest absolute Gasteiger partial charge is 0.467 e. The van der Waals surface area contributed by atoms with Crippen molar-refractivity contribution in [1.82, 2.24) is 20.2 Å². The lowest BCUT2D eigenvalue weighted by atomic mass is 10.1. The van der Waals surface area contributed by atoms with Crippen molar-refractivity contribution in [2.24, 2.45) is 5.10 Å². The van der Waals surface area contributed by atoms with Crippen LogP contribution < -0.4 is 0 Å². The summed E-state index contributed by atoms with van der Waals surface area (Å²) in [6.07, 6.45) is 5.53. The van der Waals surface area contributed by atoms with Gasteiger partial charge in [-0.3, -0.25) is 9.78 Å². The molecule has 4 aromatic heterocycles. The molecule has 0 N–H and O–H groups in total. The van der Waals surface area contributed by atoms with E-state index in [9.17, 15) is 4.79 Å². The van der Waals surface area contributed by atoms with Crippen LogP contribution in [0.5, 0.6) is 0 Å². The topological polar surface area (TPSA) is 97.6 Å². The molecule has 10 heteroatoms. The van der Waals surface area contributed by atoms with Crippen LogP contribution in [0.1, 0.15) is 23.1 Å². The van der Waals surface area contributed by atoms with Crippen molar-refractivity contribution in [2.75, 3.05) is 5.75 Å². The van der Waals surface area contributed by atoms with Gasteiger partial charge in [0.2, 0.25) is 5.89 Å². The smallest absolute Gasteiger partial charge is 0.277 e. The summed E-state index contributed by atoms with van der Waals surface area (Å²) >= 11 is 2.78. The molecule has 150 valence electrons. The summed E-state index contributed by atoms with van der Waals surface area (Å²) in [6.45, 7) is 0. The Morgan fingerprint density at radius 3 is 2.97 bits per heavy atom. The molecule has 5 rings (SSSR count). The number of nitrogens with zero attached hydrogens (tertiary/aromatic N) is 5. The highest BCUT2D eigenvalue weighted by Gasteiger charge is 2.35. The van der Waals surface area contributed by atoms with E-state index in [1.54, 1.807) is 36.1 Å². The van der Waals surface area contributed by atoms with Gasteiger partial charge in [0.15, 0.2) is 0 Å². The minimum absolute atomic E-state index is 0.118. The zero-order chi connectivity index (χ0) is 20.3. The van der Waals surface area contributed by atoms with Crippen molar-refractivity contribution in [1.29, 1.82) is 0 Å². The zero-order valence-electron chi connectivity index (χ0n) is 15.5. The lowest BCUT2D eigenvalue weighted by Gasteiger charge is -2.19. The van der Waals surface area contributed by atoms with Gasteiger partial charge in [0.1, 0.15) is 11.8 Å². The van der Waals surface area contributed by atoms with Gasteiger partial charge in [-0.15, -0.1) is 21.5 Å². The number of aromatic nitrogens is 3. The van der Waals surface area contributed by atoms with Gasteiger partial charge in [-0.05, 0) is 35.7 Å². The van der Waals surface area contributed by atoms with Crippen LogP contribution in [0.2, 0.25) is 0 Å². The number of amides is 1. The van der Waals surface area contributed by atoms with Gasteiger partial charge in [-0.25, -0.2) is 5.01 Å². The number of furan rings is 1. The molecule has 4 aromatic rings.